The molecule has 3 rings (SSSR count). The van der Waals surface area contributed by atoms with Gasteiger partial charge in [0.25, 0.3) is 0 Å². The van der Waals surface area contributed by atoms with E-state index in [9.17, 15) is 5.53 Å². The third-order valence-corrected chi connectivity index (χ3v) is 14.3. The van der Waals surface area contributed by atoms with Crippen molar-refractivity contribution in [2.75, 3.05) is 0 Å². The van der Waals surface area contributed by atoms with Crippen molar-refractivity contribution in [2.24, 2.45) is 0 Å². The number of benzene rings is 2. The maximum absolute atomic E-state index is 12.3. The van der Waals surface area contributed by atoms with Crippen molar-refractivity contribution in [2.45, 2.75) is 285 Å². The molecule has 0 saturated heterocycles. The zero-order valence-corrected chi connectivity index (χ0v) is 43.0. The van der Waals surface area contributed by atoms with Crippen molar-refractivity contribution in [1.29, 1.82) is 0 Å². The lowest BCUT2D eigenvalue weighted by atomic mass is 9.91. The predicted molar refractivity (Wildman–Crippen MR) is 285 cm³/mol. The minimum Gasteiger partial charge on any atom is -0.493 e. The van der Waals surface area contributed by atoms with E-state index >= 15 is 0 Å². The molecule has 360 valence electrons. The molecule has 0 saturated carbocycles. The second kappa shape index (κ2) is 38.4. The fourth-order valence-corrected chi connectivity index (χ4v) is 10.4. The molecule has 1 aliphatic rings. The molecule has 2 heteroatoms. The fraction of sp³-hybridized carbons (Fsp3) is 0.710. The van der Waals surface area contributed by atoms with Crippen LogP contribution in [-0.2, 0) is 12.8 Å². The summed E-state index contributed by atoms with van der Waals surface area (Å²) < 4.78 is 1.61. The molecular weight excluding hydrogens is 773 g/mol. The molecule has 2 aromatic carbocycles. The lowest BCUT2D eigenvalue weighted by Gasteiger charge is -2.13. The Kier molecular flexibility index (Phi) is 33.3. The normalized spacial score (nSPS) is 13.2. The summed E-state index contributed by atoms with van der Waals surface area (Å²) in [7, 11) is 0. The Bertz CT molecular complexity index is 1560. The van der Waals surface area contributed by atoms with Crippen LogP contribution in [0.1, 0.15) is 294 Å². The van der Waals surface area contributed by atoms with Crippen molar-refractivity contribution in [3.05, 3.63) is 99.6 Å². The van der Waals surface area contributed by atoms with Crippen molar-refractivity contribution in [1.82, 2.24) is 0 Å². The first-order valence-electron chi connectivity index (χ1n) is 28.4. The van der Waals surface area contributed by atoms with Crippen LogP contribution in [0.25, 0.3) is 16.9 Å². The molecule has 64 heavy (non-hydrogen) atoms. The molecule has 1 heterocycles. The van der Waals surface area contributed by atoms with Crippen LogP contribution < -0.4 is 0 Å². The molecule has 2 aromatic rings. The van der Waals surface area contributed by atoms with E-state index in [4.69, 9.17) is 0 Å². The van der Waals surface area contributed by atoms with E-state index in [0.717, 1.165) is 49.9 Å². The van der Waals surface area contributed by atoms with Crippen molar-refractivity contribution >= 4 is 11.4 Å². The van der Waals surface area contributed by atoms with Gasteiger partial charge in [-0.25, -0.2) is 4.70 Å². The topological polar surface area (TPSA) is 25.3 Å². The van der Waals surface area contributed by atoms with Gasteiger partial charge in [0.05, 0.1) is 0 Å². The monoisotopic (exact) mass is 875 g/mol. The van der Waals surface area contributed by atoms with Gasteiger partial charge in [0.1, 0.15) is 0 Å². The summed E-state index contributed by atoms with van der Waals surface area (Å²) in [6.45, 7) is 9.02. The van der Waals surface area contributed by atoms with Gasteiger partial charge in [0.2, 0.25) is 11.4 Å². The summed E-state index contributed by atoms with van der Waals surface area (Å²) in [5.41, 5.74) is 22.2. The summed E-state index contributed by atoms with van der Waals surface area (Å²) in [4.78, 5) is 0. The lowest BCUT2D eigenvalue weighted by Crippen LogP contribution is -2.05. The molecule has 0 N–H and O–H groups in total. The van der Waals surface area contributed by atoms with Gasteiger partial charge in [-0.3, -0.25) is 0 Å². The highest BCUT2D eigenvalue weighted by Crippen LogP contribution is 2.45. The standard InChI is InChI=1S/C62H102N2/c1-5-9-12-15-17-19-21-23-24-25-26-27-28-29-30-32-34-36-38-40-43-53-60-58(8-4)62(59-52-45-44-50-56(59)49-42-14-11-7-3)64(63)61(60)57-51-46-48-55(54-57)47-41-39-37-35-33-31-22-20-18-16-13-10-6-2/h7,11,44-46,48,50-52,54H,5-6,8-10,12-43,47,49,53H2,1-4H3. The van der Waals surface area contributed by atoms with E-state index in [1.54, 1.807) is 4.70 Å². The molecule has 0 atom stereocenters. The van der Waals surface area contributed by atoms with E-state index in [2.05, 4.69) is 88.4 Å². The number of allylic oxidation sites excluding steroid dienone is 4. The van der Waals surface area contributed by atoms with Crippen LogP contribution in [0.4, 0.5) is 0 Å². The van der Waals surface area contributed by atoms with Crippen LogP contribution >= 0.6 is 0 Å². The van der Waals surface area contributed by atoms with Crippen LogP contribution in [-0.4, -0.2) is 4.70 Å². The minimum atomic E-state index is 0.927. The van der Waals surface area contributed by atoms with Gasteiger partial charge in [-0.05, 0) is 87.6 Å². The number of aryl methyl sites for hydroxylation is 2. The Balaban J connectivity index is 1.48. The third kappa shape index (κ3) is 23.6. The maximum Gasteiger partial charge on any atom is 0.211 e. The molecule has 0 amide bonds. The Morgan fingerprint density at radius 1 is 0.422 bits per heavy atom. The highest BCUT2D eigenvalue weighted by molar-refractivity contribution is 5.82. The number of unbranched alkanes of at least 4 members (excludes halogenated alkanes) is 33. The molecular formula is C62H102N2. The SMILES string of the molecule is CC=CCCCc1ccccc1C1=C(CC)C(CCCCCCCCCCCCCCCCCCCCCCC)=C(c2cccc(CCCCCCCCCCCCCCC)c2)[N+]1=[N-]. The Hall–Kier alpha value is -2.74. The first-order chi connectivity index (χ1) is 31.7. The van der Waals surface area contributed by atoms with E-state index in [1.807, 2.05) is 0 Å². The van der Waals surface area contributed by atoms with Gasteiger partial charge in [-0.15, -0.1) is 0 Å². The van der Waals surface area contributed by atoms with Crippen LogP contribution in [0.15, 0.2) is 71.8 Å². The second-order valence-electron chi connectivity index (χ2n) is 20.0. The zero-order valence-electron chi connectivity index (χ0n) is 43.0. The Morgan fingerprint density at radius 2 is 0.859 bits per heavy atom. The van der Waals surface area contributed by atoms with Crippen molar-refractivity contribution in [3.63, 3.8) is 0 Å². The molecule has 0 radical (unpaired) electrons. The van der Waals surface area contributed by atoms with Crippen LogP contribution in [0.5, 0.6) is 0 Å². The summed E-state index contributed by atoms with van der Waals surface area (Å²) in [6, 6.07) is 18.1. The quantitative estimate of drug-likeness (QED) is 0.0360. The van der Waals surface area contributed by atoms with Crippen LogP contribution in [0.2, 0.25) is 0 Å². The van der Waals surface area contributed by atoms with Gasteiger partial charge in [0, 0.05) is 22.3 Å². The molecule has 2 nitrogen and oxygen atoms in total. The summed E-state index contributed by atoms with van der Waals surface area (Å²) >= 11 is 0. The molecule has 0 spiro atoms. The maximum atomic E-state index is 12.3. The number of nitrogens with zero attached hydrogens (tertiary/aromatic N) is 2. The Morgan fingerprint density at radius 3 is 1.31 bits per heavy atom. The van der Waals surface area contributed by atoms with Gasteiger partial charge < -0.3 is 5.53 Å². The summed E-state index contributed by atoms with van der Waals surface area (Å²) in [5, 5.41) is 0. The molecule has 0 aromatic heterocycles. The molecule has 1 aliphatic heterocycles. The number of rotatable bonds is 43. The molecule has 0 bridgehead atoms. The van der Waals surface area contributed by atoms with E-state index in [1.165, 1.54) is 252 Å². The van der Waals surface area contributed by atoms with Crippen molar-refractivity contribution in [3.8, 4) is 0 Å². The van der Waals surface area contributed by atoms with Crippen molar-refractivity contribution < 1.29 is 4.70 Å². The molecule has 0 aliphatic carbocycles. The number of hydrogen-bond acceptors (Lipinski definition) is 0. The summed E-state index contributed by atoms with van der Waals surface area (Å²) in [6.07, 6.45) is 58.4. The average molecular weight is 876 g/mol. The number of hydrogen-bond donors (Lipinski definition) is 0. The Labute approximate surface area is 398 Å². The zero-order chi connectivity index (χ0) is 45.6. The van der Waals surface area contributed by atoms with E-state index in [-0.39, 0.29) is 0 Å². The van der Waals surface area contributed by atoms with E-state index in [0.29, 0.717) is 0 Å². The first kappa shape index (κ1) is 55.6. The fourth-order valence-electron chi connectivity index (χ4n) is 10.4. The largest absolute Gasteiger partial charge is 0.493 e. The average Bonchev–Trinajstić information content (AvgIpc) is 3.60. The van der Waals surface area contributed by atoms with Gasteiger partial charge in [-0.1, -0.05) is 269 Å². The van der Waals surface area contributed by atoms with Crippen LogP contribution in [0, 0.1) is 0 Å². The molecule has 0 fully saturated rings. The predicted octanol–water partition coefficient (Wildman–Crippen LogP) is 21.4. The summed E-state index contributed by atoms with van der Waals surface area (Å²) in [5.74, 6) is 0. The second-order valence-corrected chi connectivity index (χ2v) is 20.0. The first-order valence-corrected chi connectivity index (χ1v) is 28.4. The minimum absolute atomic E-state index is 0.927. The third-order valence-electron chi connectivity index (χ3n) is 14.3. The van der Waals surface area contributed by atoms with Gasteiger partial charge in [-0.2, -0.15) is 0 Å². The molecule has 0 unspecified atom stereocenters. The highest BCUT2D eigenvalue weighted by atomic mass is 15.2. The smallest absolute Gasteiger partial charge is 0.211 e. The van der Waals surface area contributed by atoms with Gasteiger partial charge in [0.15, 0.2) is 0 Å². The van der Waals surface area contributed by atoms with Gasteiger partial charge >= 0.3 is 0 Å². The van der Waals surface area contributed by atoms with E-state index < -0.39 is 0 Å². The van der Waals surface area contributed by atoms with Crippen LogP contribution in [0.3, 0.4) is 0 Å². The lowest BCUT2D eigenvalue weighted by molar-refractivity contribution is -0.345. The highest BCUT2D eigenvalue weighted by Gasteiger charge is 2.35.